The Morgan fingerprint density at radius 3 is 2.35 bits per heavy atom. The summed E-state index contributed by atoms with van der Waals surface area (Å²) in [5, 5.41) is 2.16. The van der Waals surface area contributed by atoms with Crippen LogP contribution < -0.4 is 9.62 Å². The highest BCUT2D eigenvalue weighted by Gasteiger charge is 2.35. The largest absolute Gasteiger partial charge is 0.417 e. The zero-order chi connectivity index (χ0) is 28.0. The highest BCUT2D eigenvalue weighted by atomic mass is 35.5. The molecule has 1 atom stereocenters. The first kappa shape index (κ1) is 30.4. The van der Waals surface area contributed by atoms with Gasteiger partial charge in [-0.05, 0) is 49.6 Å². The van der Waals surface area contributed by atoms with Gasteiger partial charge in [0.1, 0.15) is 12.6 Å². The molecular weight excluding hydrogens is 531 g/mol. The molecule has 37 heavy (non-hydrogen) atoms. The second-order valence-electron chi connectivity index (χ2n) is 8.70. The maximum Gasteiger partial charge on any atom is 0.417 e. The molecule has 0 radical (unpaired) electrons. The number of halogens is 4. The molecule has 1 N–H and O–H groups in total. The average molecular weight is 562 g/mol. The lowest BCUT2D eigenvalue weighted by Crippen LogP contribution is -2.51. The molecule has 0 fully saturated rings. The van der Waals surface area contributed by atoms with Crippen molar-refractivity contribution in [1.29, 1.82) is 0 Å². The number of rotatable bonds is 11. The molecular formula is C25H31ClF3N3O4S. The quantitative estimate of drug-likeness (QED) is 0.401. The number of carbonyl (C=O) groups is 2. The van der Waals surface area contributed by atoms with E-state index in [1.54, 1.807) is 12.1 Å². The predicted molar refractivity (Wildman–Crippen MR) is 138 cm³/mol. The first-order valence-corrected chi connectivity index (χ1v) is 13.9. The van der Waals surface area contributed by atoms with Crippen LogP contribution in [-0.4, -0.2) is 50.5 Å². The first-order valence-electron chi connectivity index (χ1n) is 11.6. The standard InChI is InChI=1S/C25H31ClF3N3O4S/c1-5-6-13-30-24(34)18(3)31(15-19-10-8-7-9-17(19)2)23(33)16-32(37(4,35)36)20-11-12-22(26)21(14-20)25(27,28)29/h7-12,14,18H,5-6,13,15-16H2,1-4H3,(H,30,34)/t18-/m0/s1. The Morgan fingerprint density at radius 2 is 1.78 bits per heavy atom. The first-order chi connectivity index (χ1) is 17.2. The fourth-order valence-corrected chi connectivity index (χ4v) is 4.66. The van der Waals surface area contributed by atoms with Crippen molar-refractivity contribution in [3.8, 4) is 0 Å². The third-order valence-electron chi connectivity index (χ3n) is 5.82. The van der Waals surface area contributed by atoms with Crippen LogP contribution in [0.3, 0.4) is 0 Å². The minimum Gasteiger partial charge on any atom is -0.354 e. The Morgan fingerprint density at radius 1 is 1.14 bits per heavy atom. The number of nitrogens with zero attached hydrogens (tertiary/aromatic N) is 2. The van der Waals surface area contributed by atoms with Crippen LogP contribution >= 0.6 is 11.6 Å². The van der Waals surface area contributed by atoms with Crippen LogP contribution in [0.2, 0.25) is 5.02 Å². The zero-order valence-corrected chi connectivity index (χ0v) is 22.7. The summed E-state index contributed by atoms with van der Waals surface area (Å²) in [6.07, 6.45) is -2.45. The number of hydrogen-bond acceptors (Lipinski definition) is 4. The molecule has 0 spiro atoms. The van der Waals surface area contributed by atoms with Crippen molar-refractivity contribution in [2.45, 2.75) is 52.4 Å². The van der Waals surface area contributed by atoms with E-state index >= 15 is 0 Å². The molecule has 2 amide bonds. The molecule has 2 aromatic rings. The second-order valence-corrected chi connectivity index (χ2v) is 11.0. The highest BCUT2D eigenvalue weighted by Crippen LogP contribution is 2.37. The minimum atomic E-state index is -4.83. The number of hydrogen-bond donors (Lipinski definition) is 1. The van der Waals surface area contributed by atoms with E-state index in [0.717, 1.165) is 42.4 Å². The van der Waals surface area contributed by atoms with Crippen molar-refractivity contribution in [2.24, 2.45) is 0 Å². The molecule has 0 saturated carbocycles. The van der Waals surface area contributed by atoms with E-state index in [-0.39, 0.29) is 12.2 Å². The van der Waals surface area contributed by atoms with E-state index in [4.69, 9.17) is 11.6 Å². The molecule has 0 aromatic heterocycles. The molecule has 0 aliphatic heterocycles. The van der Waals surface area contributed by atoms with Gasteiger partial charge in [-0.3, -0.25) is 13.9 Å². The lowest BCUT2D eigenvalue weighted by atomic mass is 10.1. The predicted octanol–water partition coefficient (Wildman–Crippen LogP) is 4.77. The van der Waals surface area contributed by atoms with Crippen LogP contribution in [0.1, 0.15) is 43.4 Å². The lowest BCUT2D eigenvalue weighted by Gasteiger charge is -2.32. The second kappa shape index (κ2) is 12.6. The number of carbonyl (C=O) groups excluding carboxylic acids is 2. The van der Waals surface area contributed by atoms with Crippen LogP contribution in [0.25, 0.3) is 0 Å². The topological polar surface area (TPSA) is 86.8 Å². The number of anilines is 1. The van der Waals surface area contributed by atoms with Gasteiger partial charge in [0.25, 0.3) is 0 Å². The van der Waals surface area contributed by atoms with E-state index in [0.29, 0.717) is 16.9 Å². The van der Waals surface area contributed by atoms with Crippen molar-refractivity contribution in [1.82, 2.24) is 10.2 Å². The number of benzene rings is 2. The summed E-state index contributed by atoms with van der Waals surface area (Å²) < 4.78 is 66.0. The molecule has 204 valence electrons. The molecule has 12 heteroatoms. The van der Waals surface area contributed by atoms with Crippen LogP contribution in [0.4, 0.5) is 18.9 Å². The van der Waals surface area contributed by atoms with Gasteiger partial charge >= 0.3 is 6.18 Å². The number of sulfonamides is 1. The molecule has 0 bridgehead atoms. The number of alkyl halides is 3. The fraction of sp³-hybridized carbons (Fsp3) is 0.440. The molecule has 0 saturated heterocycles. The van der Waals surface area contributed by atoms with Crippen molar-refractivity contribution < 1.29 is 31.2 Å². The third-order valence-corrected chi connectivity index (χ3v) is 7.29. The van der Waals surface area contributed by atoms with Crippen LogP contribution in [0, 0.1) is 6.92 Å². The Bertz CT molecular complexity index is 1220. The Hall–Kier alpha value is -2.79. The van der Waals surface area contributed by atoms with Gasteiger partial charge in [0, 0.05) is 13.1 Å². The third kappa shape index (κ3) is 8.36. The summed E-state index contributed by atoms with van der Waals surface area (Å²) >= 11 is 5.68. The zero-order valence-electron chi connectivity index (χ0n) is 21.1. The molecule has 0 heterocycles. The number of amides is 2. The maximum atomic E-state index is 13.5. The molecule has 0 unspecified atom stereocenters. The van der Waals surface area contributed by atoms with E-state index < -0.39 is 51.2 Å². The van der Waals surface area contributed by atoms with Gasteiger partial charge in [0.05, 0.1) is 22.5 Å². The normalized spacial score (nSPS) is 12.6. The molecule has 2 aromatic carbocycles. The number of unbranched alkanes of at least 4 members (excludes halogenated alkanes) is 1. The smallest absolute Gasteiger partial charge is 0.354 e. The van der Waals surface area contributed by atoms with E-state index in [2.05, 4.69) is 5.32 Å². The maximum absolute atomic E-state index is 13.5. The molecule has 0 aliphatic rings. The van der Waals surface area contributed by atoms with Gasteiger partial charge in [-0.1, -0.05) is 49.2 Å². The highest BCUT2D eigenvalue weighted by molar-refractivity contribution is 7.92. The van der Waals surface area contributed by atoms with Gasteiger partial charge in [-0.2, -0.15) is 13.2 Å². The van der Waals surface area contributed by atoms with Gasteiger partial charge < -0.3 is 10.2 Å². The van der Waals surface area contributed by atoms with Gasteiger partial charge in [-0.25, -0.2) is 8.42 Å². The van der Waals surface area contributed by atoms with Gasteiger partial charge in [-0.15, -0.1) is 0 Å². The van der Waals surface area contributed by atoms with Crippen LogP contribution in [0.15, 0.2) is 42.5 Å². The summed E-state index contributed by atoms with van der Waals surface area (Å²) in [5.74, 6) is -1.18. The van der Waals surface area contributed by atoms with Crippen molar-refractivity contribution in [3.05, 3.63) is 64.2 Å². The molecule has 7 nitrogen and oxygen atoms in total. The summed E-state index contributed by atoms with van der Waals surface area (Å²) in [4.78, 5) is 27.5. The Balaban J connectivity index is 2.46. The van der Waals surface area contributed by atoms with E-state index in [9.17, 15) is 31.2 Å². The van der Waals surface area contributed by atoms with E-state index in [1.165, 1.54) is 11.8 Å². The SMILES string of the molecule is CCCCNC(=O)[C@H](C)N(Cc1ccccc1C)C(=O)CN(c1ccc(Cl)c(C(F)(F)F)c1)S(C)(=O)=O. The summed E-state index contributed by atoms with van der Waals surface area (Å²) in [6.45, 7) is 4.92. The summed E-state index contributed by atoms with van der Waals surface area (Å²) in [6, 6.07) is 8.84. The van der Waals surface area contributed by atoms with Crippen LogP contribution in [0.5, 0.6) is 0 Å². The number of nitrogens with one attached hydrogen (secondary N) is 1. The lowest BCUT2D eigenvalue weighted by molar-refractivity contribution is -0.139. The minimum absolute atomic E-state index is 0.000107. The van der Waals surface area contributed by atoms with Crippen LogP contribution in [-0.2, 0) is 32.3 Å². The van der Waals surface area contributed by atoms with Crippen molar-refractivity contribution >= 4 is 39.1 Å². The fourth-order valence-electron chi connectivity index (χ4n) is 3.59. The summed E-state index contributed by atoms with van der Waals surface area (Å²) in [5.41, 5.74) is -0.0103. The van der Waals surface area contributed by atoms with Gasteiger partial charge in [0.15, 0.2) is 0 Å². The average Bonchev–Trinajstić information content (AvgIpc) is 2.80. The Labute approximate surface area is 220 Å². The van der Waals surface area contributed by atoms with Gasteiger partial charge in [0.2, 0.25) is 21.8 Å². The summed E-state index contributed by atoms with van der Waals surface area (Å²) in [7, 11) is -4.19. The molecule has 0 aliphatic carbocycles. The van der Waals surface area contributed by atoms with Crippen molar-refractivity contribution in [3.63, 3.8) is 0 Å². The Kier molecular flexibility index (Phi) is 10.4. The van der Waals surface area contributed by atoms with E-state index in [1.807, 2.05) is 26.0 Å². The number of aryl methyl sites for hydroxylation is 1. The molecule has 2 rings (SSSR count). The monoisotopic (exact) mass is 561 g/mol. The van der Waals surface area contributed by atoms with Crippen molar-refractivity contribution in [2.75, 3.05) is 23.7 Å².